The maximum absolute atomic E-state index is 12.0. The van der Waals surface area contributed by atoms with Crippen LogP contribution in [0.1, 0.15) is 19.4 Å². The van der Waals surface area contributed by atoms with Gasteiger partial charge in [0, 0.05) is 5.82 Å². The first-order chi connectivity index (χ1) is 7.20. The summed E-state index contributed by atoms with van der Waals surface area (Å²) in [7, 11) is -3.04. The molecule has 5 heteroatoms. The minimum absolute atomic E-state index is 0.380. The molecule has 1 aromatic rings. The van der Waals surface area contributed by atoms with Gasteiger partial charge in [-0.2, -0.15) is 11.3 Å². The zero-order chi connectivity index (χ0) is 11.1. The fraction of sp³-hybridized carbons (Fsp3) is 0.400. The Bertz CT molecular complexity index is 336. The third kappa shape index (κ3) is 4.31. The highest BCUT2D eigenvalue weighted by Crippen LogP contribution is 2.50. The Morgan fingerprint density at radius 2 is 2.07 bits per heavy atom. The Morgan fingerprint density at radius 1 is 1.40 bits per heavy atom. The van der Waals surface area contributed by atoms with Crippen LogP contribution in [0.25, 0.3) is 6.08 Å². The van der Waals surface area contributed by atoms with Gasteiger partial charge >= 0.3 is 7.60 Å². The smallest absolute Gasteiger partial charge is 0.306 e. The molecule has 0 atom stereocenters. The third-order valence-electron chi connectivity index (χ3n) is 1.61. The van der Waals surface area contributed by atoms with E-state index < -0.39 is 7.60 Å². The number of hydrogen-bond donors (Lipinski definition) is 0. The third-order valence-corrected chi connectivity index (χ3v) is 4.06. The molecule has 0 radical (unpaired) electrons. The van der Waals surface area contributed by atoms with E-state index in [2.05, 4.69) is 0 Å². The van der Waals surface area contributed by atoms with Crippen LogP contribution in [0.4, 0.5) is 0 Å². The lowest BCUT2D eigenvalue weighted by Gasteiger charge is -2.12. The summed E-state index contributed by atoms with van der Waals surface area (Å²) in [6, 6.07) is 1.95. The highest BCUT2D eigenvalue weighted by Gasteiger charge is 2.18. The summed E-state index contributed by atoms with van der Waals surface area (Å²) in [6.07, 6.45) is 1.77. The maximum atomic E-state index is 12.0. The first kappa shape index (κ1) is 12.7. The van der Waals surface area contributed by atoms with Crippen LogP contribution >= 0.6 is 18.9 Å². The normalized spacial score (nSPS) is 12.4. The van der Waals surface area contributed by atoms with Crippen molar-refractivity contribution in [2.75, 3.05) is 13.2 Å². The van der Waals surface area contributed by atoms with Gasteiger partial charge in [-0.1, -0.05) is 0 Å². The van der Waals surface area contributed by atoms with Crippen LogP contribution < -0.4 is 0 Å². The monoisotopic (exact) mass is 246 g/mol. The van der Waals surface area contributed by atoms with Gasteiger partial charge in [-0.15, -0.1) is 0 Å². The molecule has 0 unspecified atom stereocenters. The topological polar surface area (TPSA) is 35.5 Å². The molecule has 84 valence electrons. The van der Waals surface area contributed by atoms with Crippen molar-refractivity contribution in [3.8, 4) is 0 Å². The van der Waals surface area contributed by atoms with Crippen molar-refractivity contribution >= 4 is 25.0 Å². The Labute approximate surface area is 94.3 Å². The van der Waals surface area contributed by atoms with Crippen LogP contribution in [0, 0.1) is 0 Å². The molecule has 0 saturated heterocycles. The van der Waals surface area contributed by atoms with Crippen LogP contribution in [0.3, 0.4) is 0 Å². The van der Waals surface area contributed by atoms with E-state index in [1.165, 1.54) is 5.82 Å². The standard InChI is InChI=1S/C10H15O3PS/c1-3-12-14(11,13-4-2)7-5-10-6-8-15-9-10/h5-9H,3-4H2,1-2H3/b7-5+. The summed E-state index contributed by atoms with van der Waals surface area (Å²) in [5.41, 5.74) is 1.01. The quantitative estimate of drug-likeness (QED) is 0.712. The van der Waals surface area contributed by atoms with Crippen LogP contribution in [0.5, 0.6) is 0 Å². The SMILES string of the molecule is CCOP(=O)(/C=C/c1ccsc1)OCC. The fourth-order valence-corrected chi connectivity index (χ4v) is 2.98. The Balaban J connectivity index is 2.70. The number of rotatable bonds is 6. The minimum atomic E-state index is -3.04. The van der Waals surface area contributed by atoms with Crippen molar-refractivity contribution in [2.45, 2.75) is 13.8 Å². The van der Waals surface area contributed by atoms with Gasteiger partial charge in [-0.3, -0.25) is 4.57 Å². The second-order valence-electron chi connectivity index (χ2n) is 2.75. The summed E-state index contributed by atoms with van der Waals surface area (Å²) in [4.78, 5) is 0. The molecule has 1 heterocycles. The van der Waals surface area contributed by atoms with E-state index in [-0.39, 0.29) is 0 Å². The molecule has 0 bridgehead atoms. The molecule has 0 saturated carbocycles. The van der Waals surface area contributed by atoms with Gasteiger partial charge in [0.25, 0.3) is 0 Å². The van der Waals surface area contributed by atoms with E-state index in [4.69, 9.17) is 9.05 Å². The first-order valence-corrected chi connectivity index (χ1v) is 7.36. The Hall–Kier alpha value is -0.410. The van der Waals surface area contributed by atoms with Gasteiger partial charge in [0.05, 0.1) is 13.2 Å². The van der Waals surface area contributed by atoms with Crippen molar-refractivity contribution in [2.24, 2.45) is 0 Å². The fourth-order valence-electron chi connectivity index (χ4n) is 1.03. The predicted octanol–water partition coefficient (Wildman–Crippen LogP) is 3.98. The largest absolute Gasteiger partial charge is 0.354 e. The zero-order valence-electron chi connectivity index (χ0n) is 8.88. The van der Waals surface area contributed by atoms with Crippen LogP contribution in [0.15, 0.2) is 22.6 Å². The second-order valence-corrected chi connectivity index (χ2v) is 5.42. The molecule has 1 rings (SSSR count). The molecular formula is C10H15O3PS. The summed E-state index contributed by atoms with van der Waals surface area (Å²) in [5.74, 6) is 1.52. The number of hydrogen-bond acceptors (Lipinski definition) is 4. The van der Waals surface area contributed by atoms with Gasteiger partial charge in [-0.25, -0.2) is 0 Å². The van der Waals surface area contributed by atoms with E-state index in [0.29, 0.717) is 13.2 Å². The zero-order valence-corrected chi connectivity index (χ0v) is 10.6. The molecule has 15 heavy (non-hydrogen) atoms. The highest BCUT2D eigenvalue weighted by molar-refractivity contribution is 7.57. The highest BCUT2D eigenvalue weighted by atomic mass is 32.1. The molecule has 0 amide bonds. The first-order valence-electron chi connectivity index (χ1n) is 4.80. The van der Waals surface area contributed by atoms with E-state index in [0.717, 1.165) is 5.56 Å². The lowest BCUT2D eigenvalue weighted by molar-refractivity contribution is 0.229. The number of thiophene rings is 1. The average Bonchev–Trinajstić information content (AvgIpc) is 2.68. The minimum Gasteiger partial charge on any atom is -0.306 e. The maximum Gasteiger partial charge on any atom is 0.354 e. The molecule has 0 aromatic carbocycles. The van der Waals surface area contributed by atoms with Crippen molar-refractivity contribution in [1.29, 1.82) is 0 Å². The predicted molar refractivity (Wildman–Crippen MR) is 64.2 cm³/mol. The average molecular weight is 246 g/mol. The van der Waals surface area contributed by atoms with Crippen LogP contribution in [-0.4, -0.2) is 13.2 Å². The van der Waals surface area contributed by atoms with Crippen molar-refractivity contribution in [3.05, 3.63) is 28.2 Å². The summed E-state index contributed by atoms with van der Waals surface area (Å²) < 4.78 is 22.2. The molecule has 0 fully saturated rings. The molecule has 0 spiro atoms. The van der Waals surface area contributed by atoms with Crippen molar-refractivity contribution in [1.82, 2.24) is 0 Å². The van der Waals surface area contributed by atoms with E-state index in [9.17, 15) is 4.57 Å². The lowest BCUT2D eigenvalue weighted by atomic mass is 10.3. The van der Waals surface area contributed by atoms with E-state index >= 15 is 0 Å². The molecule has 0 N–H and O–H groups in total. The summed E-state index contributed by atoms with van der Waals surface area (Å²) in [5, 5.41) is 3.94. The van der Waals surface area contributed by atoms with Crippen molar-refractivity contribution < 1.29 is 13.6 Å². The Kier molecular flexibility index (Phi) is 5.26. The molecule has 1 aromatic heterocycles. The molecule has 3 nitrogen and oxygen atoms in total. The van der Waals surface area contributed by atoms with Gasteiger partial charge in [0.15, 0.2) is 0 Å². The van der Waals surface area contributed by atoms with Gasteiger partial charge < -0.3 is 9.05 Å². The van der Waals surface area contributed by atoms with Crippen LogP contribution in [-0.2, 0) is 13.6 Å². The molecule has 0 aliphatic heterocycles. The van der Waals surface area contributed by atoms with Gasteiger partial charge in [-0.05, 0) is 42.3 Å². The van der Waals surface area contributed by atoms with Gasteiger partial charge in [0.2, 0.25) is 0 Å². The second kappa shape index (κ2) is 6.23. The lowest BCUT2D eigenvalue weighted by Crippen LogP contribution is -1.92. The molecule has 0 aliphatic rings. The Morgan fingerprint density at radius 3 is 2.53 bits per heavy atom. The summed E-state index contributed by atoms with van der Waals surface area (Å²) in [6.45, 7) is 4.35. The van der Waals surface area contributed by atoms with Crippen molar-refractivity contribution in [3.63, 3.8) is 0 Å². The molecule has 0 aliphatic carbocycles. The summed E-state index contributed by atoms with van der Waals surface area (Å²) >= 11 is 1.59. The van der Waals surface area contributed by atoms with Crippen LogP contribution in [0.2, 0.25) is 0 Å². The van der Waals surface area contributed by atoms with Gasteiger partial charge in [0.1, 0.15) is 0 Å². The molecular weight excluding hydrogens is 231 g/mol. The van der Waals surface area contributed by atoms with E-state index in [1.54, 1.807) is 31.3 Å². The van der Waals surface area contributed by atoms with E-state index in [1.807, 2.05) is 16.8 Å².